The highest BCUT2D eigenvalue weighted by molar-refractivity contribution is 6.11. The van der Waals surface area contributed by atoms with Crippen molar-refractivity contribution >= 4 is 35.2 Å². The highest BCUT2D eigenvalue weighted by Gasteiger charge is 2.22. The second kappa shape index (κ2) is 13.2. The maximum absolute atomic E-state index is 12.6. The van der Waals surface area contributed by atoms with E-state index in [1.54, 1.807) is 61.5 Å². The number of benzene rings is 2. The Labute approximate surface area is 197 Å². The third kappa shape index (κ3) is 8.24. The van der Waals surface area contributed by atoms with Gasteiger partial charge in [-0.3, -0.25) is 24.6 Å². The molecule has 0 heterocycles. The fourth-order valence-corrected chi connectivity index (χ4v) is 2.89. The molecule has 0 saturated carbocycles. The molecule has 176 valence electrons. The summed E-state index contributed by atoms with van der Waals surface area (Å²) >= 11 is 0. The molecule has 0 aliphatic rings. The van der Waals surface area contributed by atoms with Crippen LogP contribution in [-0.4, -0.2) is 42.7 Å². The van der Waals surface area contributed by atoms with Gasteiger partial charge in [-0.25, -0.2) is 0 Å². The molecule has 0 radical (unpaired) electrons. The van der Waals surface area contributed by atoms with Gasteiger partial charge in [0, 0.05) is 29.7 Å². The number of nitrogens with one attached hydrogen (secondary N) is 4. The first-order chi connectivity index (χ1) is 16.3. The first kappa shape index (κ1) is 25.8. The predicted molar refractivity (Wildman–Crippen MR) is 127 cm³/mol. The average Bonchev–Trinajstić information content (AvgIpc) is 2.83. The Morgan fingerprint density at radius 3 is 2.32 bits per heavy atom. The minimum absolute atomic E-state index is 0.0346. The van der Waals surface area contributed by atoms with Crippen molar-refractivity contribution in [1.29, 1.82) is 5.41 Å². The van der Waals surface area contributed by atoms with Gasteiger partial charge in [0.15, 0.2) is 0 Å². The summed E-state index contributed by atoms with van der Waals surface area (Å²) in [6.07, 6.45) is 5.18. The van der Waals surface area contributed by atoms with Crippen molar-refractivity contribution in [2.24, 2.45) is 5.92 Å². The van der Waals surface area contributed by atoms with Crippen molar-refractivity contribution in [3.05, 3.63) is 65.7 Å². The second-order valence-electron chi connectivity index (χ2n) is 7.15. The first-order valence-electron chi connectivity index (χ1n) is 10.6. The van der Waals surface area contributed by atoms with E-state index in [0.29, 0.717) is 16.8 Å². The van der Waals surface area contributed by atoms with Gasteiger partial charge in [0.25, 0.3) is 5.91 Å². The van der Waals surface area contributed by atoms with Crippen molar-refractivity contribution in [3.63, 3.8) is 0 Å². The Morgan fingerprint density at radius 2 is 1.71 bits per heavy atom. The third-order valence-corrected chi connectivity index (χ3v) is 4.62. The van der Waals surface area contributed by atoms with Gasteiger partial charge in [-0.2, -0.15) is 0 Å². The lowest BCUT2D eigenvalue weighted by molar-refractivity contribution is -0.143. The quantitative estimate of drug-likeness (QED) is 0.185. The molecule has 0 bridgehead atoms. The van der Waals surface area contributed by atoms with E-state index in [1.165, 1.54) is 0 Å². The lowest BCUT2D eigenvalue weighted by Gasteiger charge is -2.15. The Kier molecular flexibility index (Phi) is 10.0. The summed E-state index contributed by atoms with van der Waals surface area (Å²) in [4.78, 5) is 48.3. The van der Waals surface area contributed by atoms with Gasteiger partial charge in [-0.15, -0.1) is 12.3 Å². The summed E-state index contributed by atoms with van der Waals surface area (Å²) in [6.45, 7) is 1.57. The average molecular weight is 463 g/mol. The number of ether oxygens (including phenoxy) is 1. The molecule has 1 atom stereocenters. The minimum atomic E-state index is -0.796. The number of anilines is 1. The maximum Gasteiger partial charge on any atom is 0.325 e. The fraction of sp³-hybridized carbons (Fsp3) is 0.240. The van der Waals surface area contributed by atoms with Gasteiger partial charge < -0.3 is 20.7 Å². The predicted octanol–water partition coefficient (Wildman–Crippen LogP) is 2.09. The van der Waals surface area contributed by atoms with E-state index in [0.717, 1.165) is 0 Å². The molecule has 1 unspecified atom stereocenters. The monoisotopic (exact) mass is 462 g/mol. The van der Waals surface area contributed by atoms with Crippen LogP contribution >= 0.6 is 0 Å². The van der Waals surface area contributed by atoms with E-state index in [9.17, 15) is 19.2 Å². The summed E-state index contributed by atoms with van der Waals surface area (Å²) < 4.78 is 4.74. The van der Waals surface area contributed by atoms with E-state index < -0.39 is 29.6 Å². The van der Waals surface area contributed by atoms with Crippen LogP contribution in [0.25, 0.3) is 0 Å². The lowest BCUT2D eigenvalue weighted by atomic mass is 10.00. The van der Waals surface area contributed by atoms with Crippen molar-refractivity contribution in [2.75, 3.05) is 18.5 Å². The second-order valence-corrected chi connectivity index (χ2v) is 7.15. The highest BCUT2D eigenvalue weighted by atomic mass is 16.5. The van der Waals surface area contributed by atoms with Crippen LogP contribution in [0.2, 0.25) is 0 Å². The minimum Gasteiger partial charge on any atom is -0.465 e. The van der Waals surface area contributed by atoms with Crippen molar-refractivity contribution in [2.45, 2.75) is 19.8 Å². The zero-order chi connectivity index (χ0) is 24.9. The van der Waals surface area contributed by atoms with Crippen LogP contribution in [0.5, 0.6) is 0 Å². The van der Waals surface area contributed by atoms with Crippen LogP contribution in [0.1, 0.15) is 35.7 Å². The van der Waals surface area contributed by atoms with Crippen molar-refractivity contribution in [3.8, 4) is 12.3 Å². The summed E-state index contributed by atoms with van der Waals surface area (Å²) in [5.41, 5.74) is 1.31. The molecule has 0 aliphatic carbocycles. The smallest absolute Gasteiger partial charge is 0.325 e. The highest BCUT2D eigenvalue weighted by Crippen LogP contribution is 2.15. The molecule has 3 amide bonds. The number of terminal acetylenes is 1. The van der Waals surface area contributed by atoms with Crippen LogP contribution in [0, 0.1) is 23.7 Å². The molecular formula is C25H26N4O5. The van der Waals surface area contributed by atoms with Crippen LogP contribution in [0.3, 0.4) is 0 Å². The van der Waals surface area contributed by atoms with Crippen LogP contribution in [-0.2, 0) is 19.1 Å². The fourth-order valence-electron chi connectivity index (χ4n) is 2.89. The van der Waals surface area contributed by atoms with E-state index in [4.69, 9.17) is 16.6 Å². The number of amidine groups is 1. The van der Waals surface area contributed by atoms with E-state index in [-0.39, 0.29) is 31.8 Å². The van der Waals surface area contributed by atoms with Gasteiger partial charge in [0.05, 0.1) is 12.5 Å². The van der Waals surface area contributed by atoms with Crippen LogP contribution in [0.4, 0.5) is 5.69 Å². The summed E-state index contributed by atoms with van der Waals surface area (Å²) in [5.74, 6) is -0.428. The Morgan fingerprint density at radius 1 is 1.03 bits per heavy atom. The van der Waals surface area contributed by atoms with Gasteiger partial charge in [-0.05, 0) is 43.3 Å². The van der Waals surface area contributed by atoms with E-state index in [2.05, 4.69) is 21.9 Å². The zero-order valence-corrected chi connectivity index (χ0v) is 18.7. The van der Waals surface area contributed by atoms with Gasteiger partial charge in [0.1, 0.15) is 12.4 Å². The number of carbonyl (C=O) groups excluding carboxylic acids is 4. The van der Waals surface area contributed by atoms with Crippen molar-refractivity contribution in [1.82, 2.24) is 10.6 Å². The number of esters is 1. The molecule has 9 heteroatoms. The first-order valence-corrected chi connectivity index (χ1v) is 10.6. The normalized spacial score (nSPS) is 10.8. The molecule has 0 fully saturated rings. The molecule has 0 saturated heterocycles. The van der Waals surface area contributed by atoms with Gasteiger partial charge >= 0.3 is 5.97 Å². The molecule has 2 aromatic carbocycles. The largest absolute Gasteiger partial charge is 0.465 e. The number of hydrogen-bond donors (Lipinski definition) is 4. The topological polar surface area (TPSA) is 137 Å². The molecule has 9 nitrogen and oxygen atoms in total. The summed E-state index contributed by atoms with van der Waals surface area (Å²) in [6, 6.07) is 14.8. The standard InChI is InChI=1S/C25H26N4O5/c1-3-8-19(15-21(30)27-16-22(31)34-4-2)25(33)28-20-13-11-17(12-14-20)23(26)29-24(32)18-9-6-5-7-10-18/h1,5-7,9-14,19H,4,8,15-16H2,2H3,(H,27,30)(H,28,33)(H2,26,29,32). The summed E-state index contributed by atoms with van der Waals surface area (Å²) in [7, 11) is 0. The molecule has 0 spiro atoms. The molecule has 34 heavy (non-hydrogen) atoms. The van der Waals surface area contributed by atoms with Crippen LogP contribution < -0.4 is 16.0 Å². The zero-order valence-electron chi connectivity index (χ0n) is 18.7. The van der Waals surface area contributed by atoms with Crippen LogP contribution in [0.15, 0.2) is 54.6 Å². The molecule has 0 aliphatic heterocycles. The van der Waals surface area contributed by atoms with E-state index >= 15 is 0 Å². The number of amides is 3. The number of carbonyl (C=O) groups is 4. The Hall–Kier alpha value is -4.45. The number of rotatable bonds is 10. The molecule has 4 N–H and O–H groups in total. The Balaban J connectivity index is 1.92. The van der Waals surface area contributed by atoms with Crippen molar-refractivity contribution < 1.29 is 23.9 Å². The summed E-state index contributed by atoms with van der Waals surface area (Å²) in [5, 5.41) is 15.7. The third-order valence-electron chi connectivity index (χ3n) is 4.62. The SMILES string of the molecule is C#CCC(CC(=O)NCC(=O)OCC)C(=O)Nc1ccc(C(=N)NC(=O)c2ccccc2)cc1. The lowest BCUT2D eigenvalue weighted by Crippen LogP contribution is -2.34. The number of hydrogen-bond acceptors (Lipinski definition) is 6. The van der Waals surface area contributed by atoms with E-state index in [1.807, 2.05) is 0 Å². The maximum atomic E-state index is 12.6. The van der Waals surface area contributed by atoms with Gasteiger partial charge in [0.2, 0.25) is 11.8 Å². The molecule has 2 aromatic rings. The Bertz CT molecular complexity index is 1070. The molecule has 2 rings (SSSR count). The van der Waals surface area contributed by atoms with Gasteiger partial charge in [-0.1, -0.05) is 18.2 Å². The molecular weight excluding hydrogens is 436 g/mol. The molecule has 0 aromatic heterocycles.